The van der Waals surface area contributed by atoms with Crippen molar-refractivity contribution < 1.29 is 0 Å². The van der Waals surface area contributed by atoms with Gasteiger partial charge >= 0.3 is 0 Å². The SMILES string of the molecule is CCC1c2ccccc2/C(=C2/CC2c2ccccc2-c2ccc(S(C)(C)C)cn2)N1C. The summed E-state index contributed by atoms with van der Waals surface area (Å²) in [5.41, 5.74) is 9.74. The van der Waals surface area contributed by atoms with Gasteiger partial charge in [-0.25, -0.2) is 10.0 Å². The number of benzene rings is 2. The molecular weight excluding hydrogens is 396 g/mol. The van der Waals surface area contributed by atoms with Gasteiger partial charge in [-0.3, -0.25) is 4.98 Å². The van der Waals surface area contributed by atoms with Crippen molar-refractivity contribution in [2.45, 2.75) is 36.6 Å². The van der Waals surface area contributed by atoms with E-state index in [1.165, 1.54) is 32.8 Å². The van der Waals surface area contributed by atoms with Crippen LogP contribution in [0.3, 0.4) is 0 Å². The standard InChI is InChI=1S/C28H32N2S/c1-6-27-22-13-9-10-14-23(22)28(30(27)2)25-17-24(25)20-11-7-8-12-21(20)26-16-15-19(18-29-26)31(3,4)5/h7-16,18,24,27H,6,17H2,1-5H3/b28-25+. The number of nitrogens with zero attached hydrogens (tertiary/aromatic N) is 2. The molecule has 160 valence electrons. The second kappa shape index (κ2) is 7.56. The van der Waals surface area contributed by atoms with Crippen molar-refractivity contribution in [3.05, 3.63) is 89.1 Å². The van der Waals surface area contributed by atoms with Gasteiger partial charge in [-0.1, -0.05) is 55.5 Å². The molecule has 5 rings (SSSR count). The molecule has 3 aromatic rings. The molecule has 1 saturated carbocycles. The third kappa shape index (κ3) is 3.49. The molecule has 0 bridgehead atoms. The highest BCUT2D eigenvalue weighted by molar-refractivity contribution is 8.32. The molecule has 0 N–H and O–H groups in total. The predicted octanol–water partition coefficient (Wildman–Crippen LogP) is 7.10. The van der Waals surface area contributed by atoms with Gasteiger partial charge in [0, 0.05) is 40.9 Å². The smallest absolute Gasteiger partial charge is 0.0705 e. The summed E-state index contributed by atoms with van der Waals surface area (Å²) in [6.45, 7) is 2.29. The van der Waals surface area contributed by atoms with Gasteiger partial charge in [-0.2, -0.15) is 0 Å². The highest BCUT2D eigenvalue weighted by Gasteiger charge is 2.41. The Morgan fingerprint density at radius 1 is 0.903 bits per heavy atom. The molecule has 31 heavy (non-hydrogen) atoms. The molecule has 0 spiro atoms. The normalized spacial score (nSPS) is 23.1. The Kier molecular flexibility index (Phi) is 4.97. The zero-order chi connectivity index (χ0) is 21.8. The number of fused-ring (bicyclic) bond motifs is 1. The summed E-state index contributed by atoms with van der Waals surface area (Å²) < 4.78 is 0. The summed E-state index contributed by atoms with van der Waals surface area (Å²) in [7, 11) is 1.52. The first-order valence-corrected chi connectivity index (χ1v) is 14.0. The Labute approximate surface area is 188 Å². The molecule has 1 fully saturated rings. The molecular formula is C28H32N2S. The monoisotopic (exact) mass is 428 g/mol. The molecule has 2 nitrogen and oxygen atoms in total. The Bertz CT molecular complexity index is 1150. The van der Waals surface area contributed by atoms with Crippen LogP contribution in [0.25, 0.3) is 17.0 Å². The van der Waals surface area contributed by atoms with E-state index in [-0.39, 0.29) is 0 Å². The Hall–Kier alpha value is -2.52. The molecule has 2 atom stereocenters. The summed E-state index contributed by atoms with van der Waals surface area (Å²) in [6.07, 6.45) is 11.3. The fourth-order valence-corrected chi connectivity index (χ4v) is 5.95. The van der Waals surface area contributed by atoms with Crippen LogP contribution in [0, 0.1) is 0 Å². The van der Waals surface area contributed by atoms with E-state index < -0.39 is 10.0 Å². The molecule has 2 aliphatic rings. The lowest BCUT2D eigenvalue weighted by atomic mass is 9.99. The van der Waals surface area contributed by atoms with Crippen LogP contribution in [-0.2, 0) is 0 Å². The molecule has 0 saturated heterocycles. The van der Waals surface area contributed by atoms with E-state index in [0.717, 1.165) is 18.5 Å². The van der Waals surface area contributed by atoms with E-state index in [2.05, 4.69) is 104 Å². The van der Waals surface area contributed by atoms with Crippen molar-refractivity contribution in [3.8, 4) is 11.3 Å². The topological polar surface area (TPSA) is 16.1 Å². The van der Waals surface area contributed by atoms with Gasteiger partial charge in [0.05, 0.1) is 11.7 Å². The quantitative estimate of drug-likeness (QED) is 0.441. The van der Waals surface area contributed by atoms with E-state index >= 15 is 0 Å². The Balaban J connectivity index is 1.53. The van der Waals surface area contributed by atoms with E-state index in [9.17, 15) is 0 Å². The summed E-state index contributed by atoms with van der Waals surface area (Å²) in [5, 5.41) is 0. The number of hydrogen-bond acceptors (Lipinski definition) is 2. The fourth-order valence-electron chi connectivity index (χ4n) is 5.11. The number of pyridine rings is 1. The van der Waals surface area contributed by atoms with Crippen LogP contribution >= 0.6 is 10.0 Å². The van der Waals surface area contributed by atoms with Crippen molar-refractivity contribution in [1.82, 2.24) is 9.88 Å². The summed E-state index contributed by atoms with van der Waals surface area (Å²) >= 11 is 0. The fraction of sp³-hybridized carbons (Fsp3) is 0.321. The molecule has 1 aliphatic carbocycles. The van der Waals surface area contributed by atoms with E-state index in [1.807, 2.05) is 0 Å². The highest BCUT2D eigenvalue weighted by Crippen LogP contribution is 2.57. The predicted molar refractivity (Wildman–Crippen MR) is 135 cm³/mol. The van der Waals surface area contributed by atoms with Crippen LogP contribution in [0.5, 0.6) is 0 Å². The minimum Gasteiger partial charge on any atom is -0.367 e. The average Bonchev–Trinajstić information content (AvgIpc) is 3.49. The van der Waals surface area contributed by atoms with Gasteiger partial charge in [0.1, 0.15) is 0 Å². The number of hydrogen-bond donors (Lipinski definition) is 0. The number of rotatable bonds is 4. The third-order valence-corrected chi connectivity index (χ3v) is 8.48. The van der Waals surface area contributed by atoms with Crippen molar-refractivity contribution in [3.63, 3.8) is 0 Å². The van der Waals surface area contributed by atoms with Crippen LogP contribution in [0.2, 0.25) is 0 Å². The van der Waals surface area contributed by atoms with Crippen LogP contribution in [-0.4, -0.2) is 35.7 Å². The average molecular weight is 429 g/mol. The van der Waals surface area contributed by atoms with Gasteiger partial charge in [-0.15, -0.1) is 0 Å². The highest BCUT2D eigenvalue weighted by atomic mass is 32.3. The second-order valence-corrected chi connectivity index (χ2v) is 13.7. The van der Waals surface area contributed by atoms with Gasteiger partial charge < -0.3 is 4.90 Å². The third-order valence-electron chi connectivity index (χ3n) is 6.83. The minimum absolute atomic E-state index is 0.490. The maximum atomic E-state index is 4.88. The first-order valence-electron chi connectivity index (χ1n) is 11.2. The van der Waals surface area contributed by atoms with Crippen molar-refractivity contribution >= 4 is 15.7 Å². The Morgan fingerprint density at radius 3 is 2.23 bits per heavy atom. The van der Waals surface area contributed by atoms with Crippen LogP contribution in [0.15, 0.2) is 77.3 Å². The summed E-state index contributed by atoms with van der Waals surface area (Å²) in [5.74, 6) is 0.493. The lowest BCUT2D eigenvalue weighted by molar-refractivity contribution is 0.367. The van der Waals surface area contributed by atoms with E-state index in [4.69, 9.17) is 4.98 Å². The molecule has 2 heterocycles. The second-order valence-electron chi connectivity index (χ2n) is 9.56. The van der Waals surface area contributed by atoms with Gasteiger partial charge in [0.15, 0.2) is 0 Å². The molecule has 1 aromatic heterocycles. The first kappa shape index (κ1) is 20.4. The lowest BCUT2D eigenvalue weighted by Crippen LogP contribution is -2.15. The number of allylic oxidation sites excluding steroid dienone is 1. The van der Waals surface area contributed by atoms with Crippen molar-refractivity contribution in [2.75, 3.05) is 25.8 Å². The van der Waals surface area contributed by atoms with E-state index in [0.29, 0.717) is 12.0 Å². The van der Waals surface area contributed by atoms with Crippen molar-refractivity contribution in [2.24, 2.45) is 0 Å². The lowest BCUT2D eigenvalue weighted by Gasteiger charge is -2.25. The maximum Gasteiger partial charge on any atom is 0.0705 e. The zero-order valence-electron chi connectivity index (χ0n) is 19.2. The molecule has 1 aliphatic heterocycles. The first-order chi connectivity index (χ1) is 14.9. The van der Waals surface area contributed by atoms with Crippen LogP contribution in [0.4, 0.5) is 0 Å². The molecule has 2 aromatic carbocycles. The minimum atomic E-state index is -0.754. The maximum absolute atomic E-state index is 4.88. The van der Waals surface area contributed by atoms with Crippen LogP contribution in [0.1, 0.15) is 48.4 Å². The zero-order valence-corrected chi connectivity index (χ0v) is 20.0. The van der Waals surface area contributed by atoms with E-state index in [1.54, 1.807) is 5.57 Å². The van der Waals surface area contributed by atoms with Gasteiger partial charge in [0.2, 0.25) is 0 Å². The Morgan fingerprint density at radius 2 is 1.58 bits per heavy atom. The molecule has 3 heteroatoms. The molecule has 0 amide bonds. The van der Waals surface area contributed by atoms with Gasteiger partial charge in [-0.05, 0) is 60.4 Å². The largest absolute Gasteiger partial charge is 0.367 e. The number of aromatic nitrogens is 1. The molecule has 2 unspecified atom stereocenters. The van der Waals surface area contributed by atoms with Crippen LogP contribution < -0.4 is 0 Å². The van der Waals surface area contributed by atoms with Crippen molar-refractivity contribution in [1.29, 1.82) is 0 Å². The summed E-state index contributed by atoms with van der Waals surface area (Å²) in [6, 6.07) is 22.8. The molecule has 0 radical (unpaired) electrons. The van der Waals surface area contributed by atoms with Gasteiger partial charge in [0.25, 0.3) is 0 Å². The summed E-state index contributed by atoms with van der Waals surface area (Å²) in [4.78, 5) is 8.75.